The fourth-order valence-electron chi connectivity index (χ4n) is 2.12. The summed E-state index contributed by atoms with van der Waals surface area (Å²) in [5.74, 6) is -0.637. The van der Waals surface area contributed by atoms with Crippen molar-refractivity contribution < 1.29 is 22.7 Å². The van der Waals surface area contributed by atoms with Crippen molar-refractivity contribution in [2.45, 2.75) is 50.0 Å². The van der Waals surface area contributed by atoms with Gasteiger partial charge in [0.1, 0.15) is 0 Å². The fourth-order valence-corrected chi connectivity index (χ4v) is 3.15. The molecule has 138 valence electrons. The van der Waals surface area contributed by atoms with Gasteiger partial charge >= 0.3 is 5.97 Å². The first-order valence-electron chi connectivity index (χ1n) is 8.32. The number of nitrogens with one attached hydrogen (secondary N) is 2. The SMILES string of the molecule is CC(C)c1ccc(S(=O)(=O)NCCC(=O)OCC(=O)NC2CC2)cc1. The molecule has 25 heavy (non-hydrogen) atoms. The number of rotatable bonds is 9. The lowest BCUT2D eigenvalue weighted by molar-refractivity contribution is -0.148. The third-order valence-electron chi connectivity index (χ3n) is 3.78. The van der Waals surface area contributed by atoms with Crippen molar-refractivity contribution in [3.8, 4) is 0 Å². The molecule has 1 aromatic rings. The van der Waals surface area contributed by atoms with E-state index in [1.807, 2.05) is 13.8 Å². The summed E-state index contributed by atoms with van der Waals surface area (Å²) >= 11 is 0. The predicted molar refractivity (Wildman–Crippen MR) is 92.5 cm³/mol. The first kappa shape index (κ1) is 19.4. The number of hydrogen-bond donors (Lipinski definition) is 2. The van der Waals surface area contributed by atoms with Gasteiger partial charge in [-0.05, 0) is 36.5 Å². The molecule has 7 nitrogen and oxygen atoms in total. The topological polar surface area (TPSA) is 102 Å². The van der Waals surface area contributed by atoms with Crippen LogP contribution in [0.2, 0.25) is 0 Å². The highest BCUT2D eigenvalue weighted by Crippen LogP contribution is 2.18. The third kappa shape index (κ3) is 6.47. The molecule has 1 saturated carbocycles. The summed E-state index contributed by atoms with van der Waals surface area (Å²) in [4.78, 5) is 23.1. The Kier molecular flexibility index (Phi) is 6.55. The summed E-state index contributed by atoms with van der Waals surface area (Å²) in [7, 11) is -3.67. The molecule has 0 unspecified atom stereocenters. The van der Waals surface area contributed by atoms with Crippen LogP contribution in [0.4, 0.5) is 0 Å². The number of carbonyl (C=O) groups is 2. The summed E-state index contributed by atoms with van der Waals surface area (Å²) in [5.41, 5.74) is 1.05. The summed E-state index contributed by atoms with van der Waals surface area (Å²) in [6.45, 7) is 3.63. The number of amides is 1. The summed E-state index contributed by atoms with van der Waals surface area (Å²) in [5, 5.41) is 2.70. The minimum atomic E-state index is -3.67. The smallest absolute Gasteiger partial charge is 0.307 e. The molecule has 0 heterocycles. The minimum Gasteiger partial charge on any atom is -0.456 e. The molecule has 2 rings (SSSR count). The Morgan fingerprint density at radius 1 is 1.20 bits per heavy atom. The Balaban J connectivity index is 1.73. The normalized spacial score (nSPS) is 14.4. The maximum absolute atomic E-state index is 12.2. The van der Waals surface area contributed by atoms with Crippen molar-refractivity contribution in [1.29, 1.82) is 0 Å². The van der Waals surface area contributed by atoms with E-state index in [9.17, 15) is 18.0 Å². The highest BCUT2D eigenvalue weighted by atomic mass is 32.2. The highest BCUT2D eigenvalue weighted by Gasteiger charge is 2.23. The van der Waals surface area contributed by atoms with Crippen molar-refractivity contribution in [3.63, 3.8) is 0 Å². The average molecular weight is 368 g/mol. The zero-order chi connectivity index (χ0) is 18.4. The molecule has 0 radical (unpaired) electrons. The Labute approximate surface area is 148 Å². The lowest BCUT2D eigenvalue weighted by Gasteiger charge is -2.09. The molecular formula is C17H24N2O5S. The van der Waals surface area contributed by atoms with Crippen molar-refractivity contribution in [2.75, 3.05) is 13.2 Å². The standard InChI is InChI=1S/C17H24N2O5S/c1-12(2)13-3-7-15(8-4-13)25(22,23)18-10-9-17(21)24-11-16(20)19-14-5-6-14/h3-4,7-8,12,14,18H,5-6,9-11H2,1-2H3,(H,19,20). The average Bonchev–Trinajstić information content (AvgIpc) is 3.37. The third-order valence-corrected chi connectivity index (χ3v) is 5.26. The van der Waals surface area contributed by atoms with E-state index in [0.717, 1.165) is 18.4 Å². The lowest BCUT2D eigenvalue weighted by Crippen LogP contribution is -2.31. The van der Waals surface area contributed by atoms with Crippen LogP contribution >= 0.6 is 0 Å². The van der Waals surface area contributed by atoms with Gasteiger partial charge in [-0.15, -0.1) is 0 Å². The number of ether oxygens (including phenoxy) is 1. The van der Waals surface area contributed by atoms with E-state index in [1.54, 1.807) is 12.1 Å². The minimum absolute atomic E-state index is 0.0860. The van der Waals surface area contributed by atoms with Gasteiger partial charge in [-0.3, -0.25) is 9.59 Å². The molecule has 0 spiro atoms. The molecule has 0 aliphatic heterocycles. The van der Waals surface area contributed by atoms with Crippen molar-refractivity contribution in [2.24, 2.45) is 0 Å². The predicted octanol–water partition coefficient (Wildman–Crippen LogP) is 1.30. The molecule has 0 atom stereocenters. The van der Waals surface area contributed by atoms with Crippen LogP contribution in [0.1, 0.15) is 44.6 Å². The number of hydrogen-bond acceptors (Lipinski definition) is 5. The molecule has 0 saturated heterocycles. The first-order valence-corrected chi connectivity index (χ1v) is 9.81. The molecule has 0 aromatic heterocycles. The maximum atomic E-state index is 12.2. The molecule has 1 aliphatic carbocycles. The fraction of sp³-hybridized carbons (Fsp3) is 0.529. The van der Waals surface area contributed by atoms with Crippen LogP contribution in [-0.4, -0.2) is 39.5 Å². The van der Waals surface area contributed by atoms with E-state index in [1.165, 1.54) is 12.1 Å². The Morgan fingerprint density at radius 2 is 1.84 bits per heavy atom. The second-order valence-corrected chi connectivity index (χ2v) is 8.14. The van der Waals surface area contributed by atoms with Crippen LogP contribution in [0.15, 0.2) is 29.2 Å². The van der Waals surface area contributed by atoms with Gasteiger partial charge in [-0.25, -0.2) is 13.1 Å². The van der Waals surface area contributed by atoms with E-state index in [-0.39, 0.29) is 36.4 Å². The Bertz CT molecular complexity index is 709. The van der Waals surface area contributed by atoms with Gasteiger partial charge in [0.05, 0.1) is 11.3 Å². The van der Waals surface area contributed by atoms with Crippen LogP contribution in [0, 0.1) is 0 Å². The van der Waals surface area contributed by atoms with E-state index in [0.29, 0.717) is 5.92 Å². The lowest BCUT2D eigenvalue weighted by atomic mass is 10.0. The van der Waals surface area contributed by atoms with Crippen LogP contribution in [0.5, 0.6) is 0 Å². The van der Waals surface area contributed by atoms with E-state index in [4.69, 9.17) is 4.74 Å². The molecule has 1 fully saturated rings. The van der Waals surface area contributed by atoms with Crippen LogP contribution in [0.25, 0.3) is 0 Å². The number of benzene rings is 1. The first-order chi connectivity index (χ1) is 11.8. The molecule has 2 N–H and O–H groups in total. The molecule has 8 heteroatoms. The number of sulfonamides is 1. The Hall–Kier alpha value is -1.93. The zero-order valence-corrected chi connectivity index (χ0v) is 15.3. The van der Waals surface area contributed by atoms with E-state index in [2.05, 4.69) is 10.0 Å². The number of carbonyl (C=O) groups excluding carboxylic acids is 2. The summed E-state index contributed by atoms with van der Waals surface area (Å²) < 4.78 is 31.5. The Morgan fingerprint density at radius 3 is 2.40 bits per heavy atom. The van der Waals surface area contributed by atoms with Gasteiger partial charge in [-0.1, -0.05) is 26.0 Å². The zero-order valence-electron chi connectivity index (χ0n) is 14.4. The maximum Gasteiger partial charge on any atom is 0.307 e. The summed E-state index contributed by atoms with van der Waals surface area (Å²) in [6, 6.07) is 6.83. The van der Waals surface area contributed by atoms with E-state index < -0.39 is 16.0 Å². The molecular weight excluding hydrogens is 344 g/mol. The largest absolute Gasteiger partial charge is 0.456 e. The second kappa shape index (κ2) is 8.44. The monoisotopic (exact) mass is 368 g/mol. The summed E-state index contributed by atoms with van der Waals surface area (Å²) in [6.07, 6.45) is 1.78. The van der Waals surface area contributed by atoms with Crippen molar-refractivity contribution in [1.82, 2.24) is 10.0 Å². The van der Waals surface area contributed by atoms with Crippen LogP contribution in [-0.2, 0) is 24.3 Å². The molecule has 1 aromatic carbocycles. The van der Waals surface area contributed by atoms with Gasteiger partial charge in [0.25, 0.3) is 5.91 Å². The van der Waals surface area contributed by atoms with Gasteiger partial charge < -0.3 is 10.1 Å². The van der Waals surface area contributed by atoms with Gasteiger partial charge in [0.15, 0.2) is 6.61 Å². The highest BCUT2D eigenvalue weighted by molar-refractivity contribution is 7.89. The van der Waals surface area contributed by atoms with Gasteiger partial charge in [0.2, 0.25) is 10.0 Å². The molecule has 1 aliphatic rings. The second-order valence-electron chi connectivity index (χ2n) is 6.37. The van der Waals surface area contributed by atoms with Gasteiger partial charge in [-0.2, -0.15) is 0 Å². The van der Waals surface area contributed by atoms with Crippen molar-refractivity contribution in [3.05, 3.63) is 29.8 Å². The molecule has 1 amide bonds. The van der Waals surface area contributed by atoms with Gasteiger partial charge in [0, 0.05) is 12.6 Å². The van der Waals surface area contributed by atoms with Crippen LogP contribution in [0.3, 0.4) is 0 Å². The van der Waals surface area contributed by atoms with Crippen molar-refractivity contribution >= 4 is 21.9 Å². The van der Waals surface area contributed by atoms with E-state index >= 15 is 0 Å². The number of esters is 1. The molecule has 0 bridgehead atoms. The van der Waals surface area contributed by atoms with Crippen LogP contribution < -0.4 is 10.0 Å². The quantitative estimate of drug-likeness (QED) is 0.640.